The molecule has 2 heterocycles. The number of amidine groups is 1. The summed E-state index contributed by atoms with van der Waals surface area (Å²) in [6.45, 7) is -1.07. The van der Waals surface area contributed by atoms with Gasteiger partial charge in [0.05, 0.1) is 18.6 Å². The third-order valence-corrected chi connectivity index (χ3v) is 3.85. The molecule has 0 atom stereocenters. The molecule has 152 valence electrons. The van der Waals surface area contributed by atoms with Crippen LogP contribution in [0.4, 0.5) is 13.2 Å². The zero-order chi connectivity index (χ0) is 20.9. The molecule has 29 heavy (non-hydrogen) atoms. The largest absolute Gasteiger partial charge is 0.484 e. The summed E-state index contributed by atoms with van der Waals surface area (Å²) in [4.78, 5) is 8.56. The second-order valence-corrected chi connectivity index (χ2v) is 6.00. The van der Waals surface area contributed by atoms with Crippen LogP contribution in [0.1, 0.15) is 11.1 Å². The van der Waals surface area contributed by atoms with Gasteiger partial charge in [-0.05, 0) is 18.2 Å². The summed E-state index contributed by atoms with van der Waals surface area (Å²) in [5.74, 6) is 5.48. The van der Waals surface area contributed by atoms with Gasteiger partial charge in [-0.3, -0.25) is 4.98 Å². The Morgan fingerprint density at radius 3 is 2.72 bits per heavy atom. The first-order chi connectivity index (χ1) is 13.9. The Hall–Kier alpha value is -3.60. The number of nitrogens with two attached hydrogens (primary N) is 2. The number of pyridine rings is 1. The second kappa shape index (κ2) is 8.61. The molecule has 5 N–H and O–H groups in total. The van der Waals surface area contributed by atoms with Crippen molar-refractivity contribution in [3.8, 4) is 17.1 Å². The summed E-state index contributed by atoms with van der Waals surface area (Å²) in [5, 5.41) is 3.71. The number of halogens is 3. The van der Waals surface area contributed by atoms with Crippen LogP contribution in [0.2, 0.25) is 0 Å². The van der Waals surface area contributed by atoms with E-state index in [9.17, 15) is 13.2 Å². The lowest BCUT2D eigenvalue weighted by atomic mass is 10.2. The molecular formula is C18H18F3N7O. The molecule has 0 unspecified atom stereocenters. The molecule has 8 nitrogen and oxygen atoms in total. The summed E-state index contributed by atoms with van der Waals surface area (Å²) in [5.41, 5.74) is 10.2. The number of imidazole rings is 1. The summed E-state index contributed by atoms with van der Waals surface area (Å²) >= 11 is 0. The number of para-hydroxylation sites is 1. The van der Waals surface area contributed by atoms with Gasteiger partial charge in [-0.1, -0.05) is 18.2 Å². The topological polar surface area (TPSA) is 116 Å². The van der Waals surface area contributed by atoms with Gasteiger partial charge in [0.15, 0.2) is 12.4 Å². The van der Waals surface area contributed by atoms with Gasteiger partial charge in [-0.2, -0.15) is 13.2 Å². The van der Waals surface area contributed by atoms with Crippen molar-refractivity contribution >= 4 is 5.84 Å². The van der Waals surface area contributed by atoms with Gasteiger partial charge < -0.3 is 15.0 Å². The Morgan fingerprint density at radius 2 is 1.97 bits per heavy atom. The fourth-order valence-electron chi connectivity index (χ4n) is 2.57. The van der Waals surface area contributed by atoms with E-state index in [1.165, 1.54) is 6.07 Å². The molecule has 1 aromatic carbocycles. The first kappa shape index (κ1) is 20.1. The van der Waals surface area contributed by atoms with Crippen molar-refractivity contribution in [1.82, 2.24) is 20.1 Å². The van der Waals surface area contributed by atoms with E-state index < -0.39 is 12.8 Å². The second-order valence-electron chi connectivity index (χ2n) is 6.00. The first-order valence-corrected chi connectivity index (χ1v) is 8.40. The maximum atomic E-state index is 12.5. The zero-order valence-electron chi connectivity index (χ0n) is 15.1. The van der Waals surface area contributed by atoms with Crippen LogP contribution in [-0.2, 0) is 6.54 Å². The van der Waals surface area contributed by atoms with E-state index in [0.717, 1.165) is 0 Å². The lowest BCUT2D eigenvalue weighted by Crippen LogP contribution is -2.23. The number of ether oxygens (including phenoxy) is 1. The summed E-state index contributed by atoms with van der Waals surface area (Å²) in [7, 11) is 0. The normalized spacial score (nSPS) is 12.1. The van der Waals surface area contributed by atoms with Crippen LogP contribution in [0.25, 0.3) is 11.4 Å². The minimum Gasteiger partial charge on any atom is -0.484 e. The van der Waals surface area contributed by atoms with E-state index in [1.54, 1.807) is 53.6 Å². The number of aromatic nitrogens is 3. The summed E-state index contributed by atoms with van der Waals surface area (Å²) in [6, 6.07) is 9.91. The van der Waals surface area contributed by atoms with Crippen LogP contribution in [0.5, 0.6) is 5.75 Å². The van der Waals surface area contributed by atoms with E-state index in [1.807, 2.05) is 0 Å². The van der Waals surface area contributed by atoms with Crippen molar-refractivity contribution < 1.29 is 17.9 Å². The molecular weight excluding hydrogens is 387 g/mol. The molecule has 3 aromatic rings. The van der Waals surface area contributed by atoms with Gasteiger partial charge in [0.1, 0.15) is 11.4 Å². The Morgan fingerprint density at radius 1 is 1.17 bits per heavy atom. The smallest absolute Gasteiger partial charge is 0.422 e. The van der Waals surface area contributed by atoms with Gasteiger partial charge >= 0.3 is 6.18 Å². The van der Waals surface area contributed by atoms with E-state index in [2.05, 4.69) is 20.6 Å². The number of benzene rings is 1. The molecule has 0 aliphatic rings. The summed E-state index contributed by atoms with van der Waals surface area (Å²) < 4.78 is 44.0. The van der Waals surface area contributed by atoms with Crippen LogP contribution in [-0.4, -0.2) is 33.2 Å². The average Bonchev–Trinajstić information content (AvgIpc) is 3.15. The molecule has 0 saturated carbocycles. The average molecular weight is 405 g/mol. The molecule has 0 saturated heterocycles. The highest BCUT2D eigenvalue weighted by Crippen LogP contribution is 2.24. The van der Waals surface area contributed by atoms with Crippen LogP contribution in [0, 0.1) is 0 Å². The van der Waals surface area contributed by atoms with Gasteiger partial charge in [0.25, 0.3) is 0 Å². The van der Waals surface area contributed by atoms with Crippen molar-refractivity contribution in [2.24, 2.45) is 16.7 Å². The number of hydrazine groups is 1. The lowest BCUT2D eigenvalue weighted by Gasteiger charge is -2.13. The standard InChI is InChI=1S/C18H18F3N7O/c19-18(20,21)10-29-16-4-2-1-3-13(16)8-28-9-15(25-11-28)14-7-12(5-6-24-14)17(22)26-27-23/h1-7,9,11,27H,8,10,23H2,(H2,22,26). The van der Waals surface area contributed by atoms with Crippen LogP contribution in [0.3, 0.4) is 0 Å². The highest BCUT2D eigenvalue weighted by atomic mass is 19.4. The van der Waals surface area contributed by atoms with Crippen LogP contribution in [0.15, 0.2) is 60.2 Å². The minimum absolute atomic E-state index is 0.165. The predicted molar refractivity (Wildman–Crippen MR) is 101 cm³/mol. The third-order valence-electron chi connectivity index (χ3n) is 3.85. The Balaban J connectivity index is 1.78. The minimum atomic E-state index is -4.41. The number of alkyl halides is 3. The van der Waals surface area contributed by atoms with Crippen molar-refractivity contribution in [2.75, 3.05) is 6.61 Å². The van der Waals surface area contributed by atoms with Crippen LogP contribution >= 0.6 is 0 Å². The molecule has 0 aliphatic heterocycles. The SMILES string of the molecule is NN/N=C(\N)c1ccnc(-c2cn(Cc3ccccc3OCC(F)(F)F)cn2)c1. The predicted octanol–water partition coefficient (Wildman–Crippen LogP) is 2.02. The molecule has 0 fully saturated rings. The molecule has 0 spiro atoms. The van der Waals surface area contributed by atoms with Gasteiger partial charge in [0.2, 0.25) is 0 Å². The highest BCUT2D eigenvalue weighted by Gasteiger charge is 2.28. The van der Waals surface area contributed by atoms with Crippen molar-refractivity contribution in [2.45, 2.75) is 12.7 Å². The summed E-state index contributed by atoms with van der Waals surface area (Å²) in [6.07, 6.45) is 0.434. The number of hydrogen-bond acceptors (Lipinski definition) is 6. The van der Waals surface area contributed by atoms with Gasteiger partial charge in [-0.25, -0.2) is 16.4 Å². The Labute approximate surface area is 164 Å². The monoisotopic (exact) mass is 405 g/mol. The maximum absolute atomic E-state index is 12.5. The van der Waals surface area contributed by atoms with E-state index in [-0.39, 0.29) is 18.1 Å². The van der Waals surface area contributed by atoms with E-state index in [0.29, 0.717) is 22.5 Å². The lowest BCUT2D eigenvalue weighted by molar-refractivity contribution is -0.153. The Bertz CT molecular complexity index is 1000. The van der Waals surface area contributed by atoms with E-state index in [4.69, 9.17) is 16.3 Å². The number of hydrogen-bond donors (Lipinski definition) is 3. The molecule has 2 aromatic heterocycles. The third kappa shape index (κ3) is 5.45. The number of nitrogens with zero attached hydrogens (tertiary/aromatic N) is 4. The van der Waals surface area contributed by atoms with Crippen molar-refractivity contribution in [3.63, 3.8) is 0 Å². The quantitative estimate of drug-likeness (QED) is 0.240. The first-order valence-electron chi connectivity index (χ1n) is 8.40. The van der Waals surface area contributed by atoms with E-state index >= 15 is 0 Å². The van der Waals surface area contributed by atoms with Crippen molar-refractivity contribution in [1.29, 1.82) is 0 Å². The van der Waals surface area contributed by atoms with Gasteiger partial charge in [-0.15, -0.1) is 5.10 Å². The molecule has 3 rings (SSSR count). The van der Waals surface area contributed by atoms with Crippen molar-refractivity contribution in [3.05, 3.63) is 66.2 Å². The number of nitrogens with one attached hydrogen (secondary N) is 1. The number of hydrazone groups is 1. The Kier molecular flexibility index (Phi) is 5.98. The highest BCUT2D eigenvalue weighted by molar-refractivity contribution is 5.97. The zero-order valence-corrected chi connectivity index (χ0v) is 15.1. The fourth-order valence-corrected chi connectivity index (χ4v) is 2.57. The molecule has 0 bridgehead atoms. The molecule has 0 aliphatic carbocycles. The molecule has 0 radical (unpaired) electrons. The maximum Gasteiger partial charge on any atom is 0.422 e. The molecule has 11 heteroatoms. The van der Waals surface area contributed by atoms with Crippen LogP contribution < -0.4 is 21.8 Å². The number of rotatable bonds is 7. The van der Waals surface area contributed by atoms with Gasteiger partial charge in [0, 0.05) is 23.5 Å². The fraction of sp³-hybridized carbons (Fsp3) is 0.167. The molecule has 0 amide bonds.